The van der Waals surface area contributed by atoms with Gasteiger partial charge in [0.2, 0.25) is 0 Å². The van der Waals surface area contributed by atoms with E-state index >= 15 is 0 Å². The third-order valence-electron chi connectivity index (χ3n) is 3.77. The van der Waals surface area contributed by atoms with Crippen molar-refractivity contribution in [3.63, 3.8) is 0 Å². The Morgan fingerprint density at radius 2 is 2.05 bits per heavy atom. The summed E-state index contributed by atoms with van der Waals surface area (Å²) in [5.74, 6) is -0.986. The Balaban J connectivity index is 2.14. The highest BCUT2D eigenvalue weighted by molar-refractivity contribution is 9.10. The molecule has 0 aliphatic heterocycles. The highest BCUT2D eigenvalue weighted by atomic mass is 79.9. The first-order valence-corrected chi connectivity index (χ1v) is 7.83. The molecule has 1 fully saturated rings. The van der Waals surface area contributed by atoms with Crippen LogP contribution in [0.4, 0.5) is 10.5 Å². The number of nitrogens with one attached hydrogen (secondary N) is 1. The lowest BCUT2D eigenvalue weighted by Crippen LogP contribution is -2.44. The molecule has 1 saturated carbocycles. The number of halogens is 1. The van der Waals surface area contributed by atoms with Crippen LogP contribution >= 0.6 is 15.9 Å². The van der Waals surface area contributed by atoms with E-state index in [1.165, 1.54) is 4.90 Å². The molecule has 0 atom stereocenters. The van der Waals surface area contributed by atoms with Crippen LogP contribution in [0, 0.1) is 6.92 Å². The van der Waals surface area contributed by atoms with Crippen molar-refractivity contribution in [2.45, 2.75) is 38.6 Å². The largest absolute Gasteiger partial charge is 0.480 e. The van der Waals surface area contributed by atoms with Gasteiger partial charge in [0.25, 0.3) is 0 Å². The van der Waals surface area contributed by atoms with E-state index in [1.54, 1.807) is 6.07 Å². The quantitative estimate of drug-likeness (QED) is 0.867. The lowest BCUT2D eigenvalue weighted by molar-refractivity contribution is -0.138. The number of carbonyl (C=O) groups is 2. The third-order valence-corrected chi connectivity index (χ3v) is 4.82. The van der Waals surface area contributed by atoms with Gasteiger partial charge in [0, 0.05) is 10.5 Å². The molecule has 0 bridgehead atoms. The number of aliphatic carboxylic acids is 1. The van der Waals surface area contributed by atoms with Crippen molar-refractivity contribution in [3.05, 3.63) is 28.2 Å². The van der Waals surface area contributed by atoms with Crippen LogP contribution in [0.15, 0.2) is 22.7 Å². The standard InChI is InChI=1S/C15H19BrN2O3/c1-10-5-4-8-12(14(10)16)17-15(21)18(9-13(19)20)11-6-2-3-7-11/h4-5,8,11H,2-3,6-7,9H2,1H3,(H,17,21)(H,19,20). The van der Waals surface area contributed by atoms with Crippen LogP contribution in [-0.4, -0.2) is 34.6 Å². The van der Waals surface area contributed by atoms with Gasteiger partial charge >= 0.3 is 12.0 Å². The minimum atomic E-state index is -0.986. The van der Waals surface area contributed by atoms with E-state index in [1.807, 2.05) is 19.1 Å². The molecule has 0 aromatic heterocycles. The molecule has 2 N–H and O–H groups in total. The molecule has 0 heterocycles. The monoisotopic (exact) mass is 354 g/mol. The predicted octanol–water partition coefficient (Wildman–Crippen LogP) is 3.62. The maximum Gasteiger partial charge on any atom is 0.323 e. The predicted molar refractivity (Wildman–Crippen MR) is 84.5 cm³/mol. The normalized spacial score (nSPS) is 15.0. The van der Waals surface area contributed by atoms with E-state index in [0.717, 1.165) is 35.7 Å². The van der Waals surface area contributed by atoms with E-state index in [2.05, 4.69) is 21.2 Å². The SMILES string of the molecule is Cc1cccc(NC(=O)N(CC(=O)O)C2CCCC2)c1Br. The Morgan fingerprint density at radius 3 is 2.67 bits per heavy atom. The van der Waals surface area contributed by atoms with Gasteiger partial charge in [-0.2, -0.15) is 0 Å². The van der Waals surface area contributed by atoms with Crippen LogP contribution in [0.1, 0.15) is 31.2 Å². The number of carboxylic acid groups (broad SMARTS) is 1. The molecule has 5 nitrogen and oxygen atoms in total. The van der Waals surface area contributed by atoms with Gasteiger partial charge in [0.05, 0.1) is 5.69 Å². The number of aryl methyl sites for hydroxylation is 1. The molecule has 21 heavy (non-hydrogen) atoms. The van der Waals surface area contributed by atoms with Gasteiger partial charge in [-0.25, -0.2) is 4.79 Å². The highest BCUT2D eigenvalue weighted by Gasteiger charge is 2.28. The number of hydrogen-bond acceptors (Lipinski definition) is 2. The van der Waals surface area contributed by atoms with E-state index in [9.17, 15) is 9.59 Å². The summed E-state index contributed by atoms with van der Waals surface area (Å²) in [6, 6.07) is 5.25. The number of anilines is 1. The molecule has 2 rings (SSSR count). The molecular formula is C15H19BrN2O3. The molecule has 1 aliphatic rings. The molecule has 6 heteroatoms. The van der Waals surface area contributed by atoms with Crippen molar-refractivity contribution in [1.82, 2.24) is 4.90 Å². The maximum atomic E-state index is 12.4. The van der Waals surface area contributed by atoms with Crippen LogP contribution < -0.4 is 5.32 Å². The fraction of sp³-hybridized carbons (Fsp3) is 0.467. The highest BCUT2D eigenvalue weighted by Crippen LogP contribution is 2.28. The van der Waals surface area contributed by atoms with Crippen molar-refractivity contribution < 1.29 is 14.7 Å². The first kappa shape index (κ1) is 15.8. The first-order chi connectivity index (χ1) is 9.99. The van der Waals surface area contributed by atoms with E-state index in [-0.39, 0.29) is 18.6 Å². The Labute approximate surface area is 132 Å². The van der Waals surface area contributed by atoms with Gasteiger partial charge < -0.3 is 15.3 Å². The first-order valence-electron chi connectivity index (χ1n) is 7.03. The van der Waals surface area contributed by atoms with Crippen molar-refractivity contribution in [2.24, 2.45) is 0 Å². The van der Waals surface area contributed by atoms with Crippen LogP contribution in [0.3, 0.4) is 0 Å². The van der Waals surface area contributed by atoms with E-state index in [0.29, 0.717) is 5.69 Å². The number of hydrogen-bond donors (Lipinski definition) is 2. The maximum absolute atomic E-state index is 12.4. The molecule has 2 amide bonds. The second-order valence-corrected chi connectivity index (χ2v) is 6.12. The fourth-order valence-electron chi connectivity index (χ4n) is 2.66. The van der Waals surface area contributed by atoms with Crippen molar-refractivity contribution >= 4 is 33.6 Å². The average molecular weight is 355 g/mol. The minimum absolute atomic E-state index is 0.0182. The summed E-state index contributed by atoms with van der Waals surface area (Å²) in [6.45, 7) is 1.67. The van der Waals surface area contributed by atoms with Gasteiger partial charge in [-0.1, -0.05) is 25.0 Å². The number of benzene rings is 1. The number of amides is 2. The number of nitrogens with zero attached hydrogens (tertiary/aromatic N) is 1. The molecule has 114 valence electrons. The van der Waals surface area contributed by atoms with Crippen molar-refractivity contribution in [2.75, 3.05) is 11.9 Å². The molecule has 1 aromatic carbocycles. The summed E-state index contributed by atoms with van der Waals surface area (Å²) in [5.41, 5.74) is 1.67. The van der Waals surface area contributed by atoms with E-state index < -0.39 is 5.97 Å². The number of carbonyl (C=O) groups excluding carboxylic acids is 1. The van der Waals surface area contributed by atoms with Gasteiger partial charge in [0.1, 0.15) is 6.54 Å². The zero-order chi connectivity index (χ0) is 15.4. The summed E-state index contributed by atoms with van der Waals surface area (Å²) >= 11 is 3.44. The van der Waals surface area contributed by atoms with Gasteiger partial charge in [0.15, 0.2) is 0 Å². The Hall–Kier alpha value is -1.56. The topological polar surface area (TPSA) is 69.6 Å². The summed E-state index contributed by atoms with van der Waals surface area (Å²) < 4.78 is 0.819. The Kier molecular flexibility index (Phi) is 5.22. The summed E-state index contributed by atoms with van der Waals surface area (Å²) in [6.07, 6.45) is 3.83. The fourth-order valence-corrected chi connectivity index (χ4v) is 3.02. The van der Waals surface area contributed by atoms with Crippen LogP contribution in [0.2, 0.25) is 0 Å². The van der Waals surface area contributed by atoms with Crippen LogP contribution in [-0.2, 0) is 4.79 Å². The molecular weight excluding hydrogens is 336 g/mol. The Morgan fingerprint density at radius 1 is 1.38 bits per heavy atom. The van der Waals surface area contributed by atoms with Gasteiger partial charge in [-0.3, -0.25) is 4.79 Å². The average Bonchev–Trinajstić information content (AvgIpc) is 2.94. The summed E-state index contributed by atoms with van der Waals surface area (Å²) in [7, 11) is 0. The molecule has 0 unspecified atom stereocenters. The Bertz CT molecular complexity index is 542. The second-order valence-electron chi connectivity index (χ2n) is 5.33. The molecule has 1 aromatic rings. The van der Waals surface area contributed by atoms with Crippen LogP contribution in [0.5, 0.6) is 0 Å². The molecule has 0 spiro atoms. The molecule has 0 saturated heterocycles. The molecule has 0 radical (unpaired) electrons. The second kappa shape index (κ2) is 6.93. The summed E-state index contributed by atoms with van der Waals surface area (Å²) in [5, 5.41) is 11.8. The minimum Gasteiger partial charge on any atom is -0.480 e. The van der Waals surface area contributed by atoms with E-state index in [4.69, 9.17) is 5.11 Å². The van der Waals surface area contributed by atoms with Crippen molar-refractivity contribution in [3.8, 4) is 0 Å². The number of carboxylic acids is 1. The lowest BCUT2D eigenvalue weighted by Gasteiger charge is -2.27. The zero-order valence-corrected chi connectivity index (χ0v) is 13.5. The number of urea groups is 1. The van der Waals surface area contributed by atoms with Crippen molar-refractivity contribution in [1.29, 1.82) is 0 Å². The summed E-state index contributed by atoms with van der Waals surface area (Å²) in [4.78, 5) is 24.9. The smallest absolute Gasteiger partial charge is 0.323 e. The molecule has 1 aliphatic carbocycles. The van der Waals surface area contributed by atoms with Gasteiger partial charge in [-0.15, -0.1) is 0 Å². The number of rotatable bonds is 4. The van der Waals surface area contributed by atoms with Crippen LogP contribution in [0.25, 0.3) is 0 Å². The lowest BCUT2D eigenvalue weighted by atomic mass is 10.2. The zero-order valence-electron chi connectivity index (χ0n) is 11.9. The third kappa shape index (κ3) is 3.97. The van der Waals surface area contributed by atoms with Gasteiger partial charge in [-0.05, 0) is 47.3 Å².